The fourth-order valence-corrected chi connectivity index (χ4v) is 2.08. The highest BCUT2D eigenvalue weighted by molar-refractivity contribution is 9.10. The molecule has 2 N–H and O–H groups in total. The zero-order chi connectivity index (χ0) is 12.0. The fourth-order valence-electron chi connectivity index (χ4n) is 1.28. The average Bonchev–Trinajstić information content (AvgIpc) is 2.26. The predicted octanol–water partition coefficient (Wildman–Crippen LogP) is 2.84. The number of hydrogen-bond acceptors (Lipinski definition) is 1. The molecule has 0 aliphatic heterocycles. The van der Waals surface area contributed by atoms with Crippen LogP contribution in [-0.2, 0) is 0 Å². The quantitative estimate of drug-likeness (QED) is 0.804. The van der Waals surface area contributed by atoms with Gasteiger partial charge in [0, 0.05) is 5.02 Å². The lowest BCUT2D eigenvalue weighted by Crippen LogP contribution is -2.90. The van der Waals surface area contributed by atoms with E-state index in [-0.39, 0.29) is 0 Å². The van der Waals surface area contributed by atoms with Crippen LogP contribution in [0.25, 0.3) is 0 Å². The maximum atomic E-state index is 5.85. The van der Waals surface area contributed by atoms with E-state index in [9.17, 15) is 0 Å². The summed E-state index contributed by atoms with van der Waals surface area (Å²) in [5, 5.41) is 3.01. The lowest BCUT2D eigenvalue weighted by molar-refractivity contribution is -0.686. The van der Waals surface area contributed by atoms with Crippen molar-refractivity contribution < 1.29 is 10.1 Å². The Hall–Kier alpha value is -0.250. The van der Waals surface area contributed by atoms with Gasteiger partial charge in [0.15, 0.2) is 0 Å². The maximum absolute atomic E-state index is 5.85. The van der Waals surface area contributed by atoms with E-state index < -0.39 is 0 Å². The fraction of sp³-hybridized carbons (Fsp3) is 0.500. The Morgan fingerprint density at radius 1 is 1.50 bits per heavy atom. The van der Waals surface area contributed by atoms with Gasteiger partial charge in [-0.1, -0.05) is 18.5 Å². The van der Waals surface area contributed by atoms with Gasteiger partial charge in [-0.2, -0.15) is 0 Å². The van der Waals surface area contributed by atoms with Crippen LogP contribution in [0.4, 0.5) is 0 Å². The molecule has 0 amide bonds. The molecule has 4 heteroatoms. The van der Waals surface area contributed by atoms with Gasteiger partial charge in [0.1, 0.15) is 18.9 Å². The molecule has 0 heterocycles. The molecule has 0 bridgehead atoms. The van der Waals surface area contributed by atoms with E-state index in [1.807, 2.05) is 18.2 Å². The van der Waals surface area contributed by atoms with Gasteiger partial charge in [-0.05, 0) is 47.5 Å². The molecule has 1 aromatic carbocycles. The number of nitrogens with two attached hydrogens (primary N) is 1. The van der Waals surface area contributed by atoms with E-state index in [1.54, 1.807) is 0 Å². The zero-order valence-electron chi connectivity index (χ0n) is 9.67. The second-order valence-corrected chi connectivity index (χ2v) is 5.12. The first kappa shape index (κ1) is 13.8. The molecule has 0 radical (unpaired) electrons. The normalized spacial score (nSPS) is 12.5. The first-order valence-corrected chi connectivity index (χ1v) is 6.71. The number of quaternary nitrogens is 1. The molecule has 2 nitrogen and oxygen atoms in total. The van der Waals surface area contributed by atoms with Crippen molar-refractivity contribution in [3.8, 4) is 5.75 Å². The average molecular weight is 308 g/mol. The zero-order valence-corrected chi connectivity index (χ0v) is 12.0. The molecular weight excluding hydrogens is 289 g/mol. The number of rotatable bonds is 6. The van der Waals surface area contributed by atoms with E-state index >= 15 is 0 Å². The highest BCUT2D eigenvalue weighted by Crippen LogP contribution is 2.27. The maximum Gasteiger partial charge on any atom is 0.137 e. The first-order valence-electron chi connectivity index (χ1n) is 5.54. The largest absolute Gasteiger partial charge is 0.487 e. The molecule has 1 rings (SSSR count). The highest BCUT2D eigenvalue weighted by Gasteiger charge is 2.03. The Bertz CT molecular complexity index is 333. The molecule has 0 unspecified atom stereocenters. The second-order valence-electron chi connectivity index (χ2n) is 3.83. The van der Waals surface area contributed by atoms with Crippen molar-refractivity contribution in [2.24, 2.45) is 0 Å². The van der Waals surface area contributed by atoms with Crippen molar-refractivity contribution in [2.45, 2.75) is 26.3 Å². The number of benzene rings is 1. The van der Waals surface area contributed by atoms with Gasteiger partial charge in [0.05, 0.1) is 10.5 Å². The molecular formula is C12H18BrClNO+. The molecule has 1 atom stereocenters. The summed E-state index contributed by atoms with van der Waals surface area (Å²) in [6, 6.07) is 6.22. The van der Waals surface area contributed by atoms with Crippen LogP contribution in [0.1, 0.15) is 20.3 Å². The van der Waals surface area contributed by atoms with Gasteiger partial charge < -0.3 is 10.1 Å². The van der Waals surface area contributed by atoms with Gasteiger partial charge in [-0.25, -0.2) is 0 Å². The first-order chi connectivity index (χ1) is 7.63. The minimum absolute atomic E-state index is 0.664. The van der Waals surface area contributed by atoms with Crippen LogP contribution < -0.4 is 10.1 Å². The highest BCUT2D eigenvalue weighted by atomic mass is 79.9. The summed E-state index contributed by atoms with van der Waals surface area (Å²) in [6.07, 6.45) is 1.19. The van der Waals surface area contributed by atoms with Crippen LogP contribution in [0.2, 0.25) is 5.02 Å². The minimum atomic E-state index is 0.664. The third kappa shape index (κ3) is 4.73. The lowest BCUT2D eigenvalue weighted by Gasteiger charge is -2.10. The number of hydrogen-bond donors (Lipinski definition) is 1. The SMILES string of the molecule is CC[C@H](C)[NH2+]CCOc1ccc(Cl)cc1Br. The van der Waals surface area contributed by atoms with Crippen LogP contribution in [-0.4, -0.2) is 19.2 Å². The molecule has 0 aliphatic carbocycles. The summed E-state index contributed by atoms with van der Waals surface area (Å²) in [5.41, 5.74) is 0. The molecule has 0 spiro atoms. The van der Waals surface area contributed by atoms with Crippen LogP contribution in [0.3, 0.4) is 0 Å². The standard InChI is InChI=1S/C12H17BrClNO/c1-3-9(2)15-6-7-16-12-5-4-10(14)8-11(12)13/h4-5,8-9,15H,3,6-7H2,1-2H3/p+1/t9-/m0/s1. The van der Waals surface area contributed by atoms with Crippen molar-refractivity contribution in [1.29, 1.82) is 0 Å². The molecule has 0 aliphatic rings. The molecule has 0 fully saturated rings. The van der Waals surface area contributed by atoms with Crippen molar-refractivity contribution in [3.05, 3.63) is 27.7 Å². The molecule has 1 aromatic rings. The minimum Gasteiger partial charge on any atom is -0.487 e. The van der Waals surface area contributed by atoms with Crippen LogP contribution in [0.5, 0.6) is 5.75 Å². The monoisotopic (exact) mass is 306 g/mol. The Morgan fingerprint density at radius 2 is 2.25 bits per heavy atom. The van der Waals surface area contributed by atoms with E-state index in [0.717, 1.165) is 16.8 Å². The summed E-state index contributed by atoms with van der Waals surface area (Å²) < 4.78 is 6.56. The van der Waals surface area contributed by atoms with Crippen molar-refractivity contribution in [3.63, 3.8) is 0 Å². The molecule has 0 saturated heterocycles. The van der Waals surface area contributed by atoms with E-state index in [1.165, 1.54) is 6.42 Å². The summed E-state index contributed by atoms with van der Waals surface area (Å²) in [5.74, 6) is 0.849. The van der Waals surface area contributed by atoms with Crippen molar-refractivity contribution in [1.82, 2.24) is 0 Å². The lowest BCUT2D eigenvalue weighted by atomic mass is 10.3. The van der Waals surface area contributed by atoms with Crippen molar-refractivity contribution >= 4 is 27.5 Å². The van der Waals surface area contributed by atoms with Crippen LogP contribution in [0.15, 0.2) is 22.7 Å². The molecule has 90 valence electrons. The second kappa shape index (κ2) is 7.15. The van der Waals surface area contributed by atoms with Gasteiger partial charge in [-0.15, -0.1) is 0 Å². The molecule has 0 aromatic heterocycles. The summed E-state index contributed by atoms with van der Waals surface area (Å²) in [4.78, 5) is 0. The van der Waals surface area contributed by atoms with Gasteiger partial charge >= 0.3 is 0 Å². The predicted molar refractivity (Wildman–Crippen MR) is 71.2 cm³/mol. The Morgan fingerprint density at radius 3 is 2.88 bits per heavy atom. The van der Waals surface area contributed by atoms with E-state index in [4.69, 9.17) is 16.3 Å². The Balaban J connectivity index is 2.32. The van der Waals surface area contributed by atoms with E-state index in [0.29, 0.717) is 17.7 Å². The van der Waals surface area contributed by atoms with Crippen LogP contribution >= 0.6 is 27.5 Å². The summed E-state index contributed by atoms with van der Waals surface area (Å²) in [7, 11) is 0. The van der Waals surface area contributed by atoms with Gasteiger partial charge in [0.25, 0.3) is 0 Å². The summed E-state index contributed by atoms with van der Waals surface area (Å²) >= 11 is 9.27. The van der Waals surface area contributed by atoms with Gasteiger partial charge in [0.2, 0.25) is 0 Å². The number of ether oxygens (including phenoxy) is 1. The van der Waals surface area contributed by atoms with Crippen molar-refractivity contribution in [2.75, 3.05) is 13.2 Å². The topological polar surface area (TPSA) is 25.8 Å². The smallest absolute Gasteiger partial charge is 0.137 e. The Kier molecular flexibility index (Phi) is 6.17. The van der Waals surface area contributed by atoms with Gasteiger partial charge in [-0.3, -0.25) is 0 Å². The van der Waals surface area contributed by atoms with Crippen LogP contribution in [0, 0.1) is 0 Å². The van der Waals surface area contributed by atoms with E-state index in [2.05, 4.69) is 35.1 Å². The summed E-state index contributed by atoms with van der Waals surface area (Å²) in [6.45, 7) is 6.10. The Labute approximate surface area is 110 Å². The molecule has 16 heavy (non-hydrogen) atoms. The number of halogens is 2. The molecule has 0 saturated carbocycles. The third-order valence-corrected chi connectivity index (χ3v) is 3.34. The third-order valence-electron chi connectivity index (χ3n) is 2.48.